The number of amides is 1. The Balaban J connectivity index is 1.84. The minimum absolute atomic E-state index is 0.134. The molecule has 1 amide bonds. The van der Waals surface area contributed by atoms with E-state index in [0.29, 0.717) is 25.8 Å². The lowest BCUT2D eigenvalue weighted by molar-refractivity contribution is -0.146. The molecule has 0 heterocycles. The van der Waals surface area contributed by atoms with Crippen molar-refractivity contribution in [3.8, 4) is 0 Å². The average Bonchev–Trinajstić information content (AvgIpc) is 2.92. The molecule has 114 valence electrons. The van der Waals surface area contributed by atoms with Gasteiger partial charge < -0.3 is 10.4 Å². The molecule has 0 bridgehead atoms. The lowest BCUT2D eigenvalue weighted by Crippen LogP contribution is -2.36. The van der Waals surface area contributed by atoms with E-state index in [1.807, 2.05) is 25.1 Å². The zero-order valence-electron chi connectivity index (χ0n) is 12.1. The predicted molar refractivity (Wildman–Crippen MR) is 81.4 cm³/mol. The van der Waals surface area contributed by atoms with Crippen LogP contribution < -0.4 is 5.32 Å². The normalized spacial score (nSPS) is 21.2. The topological polar surface area (TPSA) is 66.4 Å². The van der Waals surface area contributed by atoms with Crippen LogP contribution in [0.2, 0.25) is 5.02 Å². The maximum Gasteiger partial charge on any atom is 0.307 e. The highest BCUT2D eigenvalue weighted by Crippen LogP contribution is 2.32. The Morgan fingerprint density at radius 2 is 2.05 bits per heavy atom. The third kappa shape index (κ3) is 3.97. The molecule has 2 atom stereocenters. The highest BCUT2D eigenvalue weighted by molar-refractivity contribution is 6.31. The number of carboxylic acid groups (broad SMARTS) is 1. The molecular formula is C16H20ClNO3. The van der Waals surface area contributed by atoms with Crippen molar-refractivity contribution in [1.82, 2.24) is 5.32 Å². The minimum Gasteiger partial charge on any atom is -0.481 e. The van der Waals surface area contributed by atoms with Gasteiger partial charge in [-0.3, -0.25) is 9.59 Å². The Bertz CT molecular complexity index is 544. The van der Waals surface area contributed by atoms with Gasteiger partial charge in [0.25, 0.3) is 0 Å². The first-order valence-electron chi connectivity index (χ1n) is 7.24. The van der Waals surface area contributed by atoms with Crippen molar-refractivity contribution in [1.29, 1.82) is 0 Å². The summed E-state index contributed by atoms with van der Waals surface area (Å²) in [5.41, 5.74) is 2.13. The van der Waals surface area contributed by atoms with Gasteiger partial charge in [0.15, 0.2) is 0 Å². The molecule has 1 aromatic rings. The van der Waals surface area contributed by atoms with E-state index in [4.69, 9.17) is 16.7 Å². The van der Waals surface area contributed by atoms with E-state index in [1.165, 1.54) is 0 Å². The first-order chi connectivity index (χ1) is 9.99. The fourth-order valence-corrected chi connectivity index (χ4v) is 3.01. The van der Waals surface area contributed by atoms with E-state index >= 15 is 0 Å². The fourth-order valence-electron chi connectivity index (χ4n) is 2.89. The number of hydrogen-bond acceptors (Lipinski definition) is 2. The Morgan fingerprint density at radius 3 is 2.71 bits per heavy atom. The molecule has 4 nitrogen and oxygen atoms in total. The zero-order valence-corrected chi connectivity index (χ0v) is 12.8. The van der Waals surface area contributed by atoms with Crippen molar-refractivity contribution in [3.05, 3.63) is 34.3 Å². The summed E-state index contributed by atoms with van der Waals surface area (Å²) in [4.78, 5) is 23.2. The zero-order chi connectivity index (χ0) is 15.4. The lowest BCUT2D eigenvalue weighted by Gasteiger charge is -2.15. The molecule has 0 saturated heterocycles. The van der Waals surface area contributed by atoms with Crippen LogP contribution in [0.1, 0.15) is 30.4 Å². The van der Waals surface area contributed by atoms with E-state index in [0.717, 1.165) is 22.6 Å². The summed E-state index contributed by atoms with van der Waals surface area (Å²) in [5, 5.41) is 12.7. The van der Waals surface area contributed by atoms with Gasteiger partial charge in [-0.1, -0.05) is 30.2 Å². The van der Waals surface area contributed by atoms with Crippen LogP contribution in [0.4, 0.5) is 0 Å². The summed E-state index contributed by atoms with van der Waals surface area (Å²) < 4.78 is 0. The summed E-state index contributed by atoms with van der Waals surface area (Å²) in [6.45, 7) is 2.46. The fraction of sp³-hybridized carbons (Fsp3) is 0.500. The number of aliphatic carboxylic acids is 1. The second kappa shape index (κ2) is 6.94. The Hall–Kier alpha value is -1.55. The molecule has 2 N–H and O–H groups in total. The quantitative estimate of drug-likeness (QED) is 0.879. The van der Waals surface area contributed by atoms with Crippen molar-refractivity contribution in [2.45, 2.75) is 32.6 Å². The monoisotopic (exact) mass is 309 g/mol. The molecular weight excluding hydrogens is 290 g/mol. The number of nitrogens with one attached hydrogen (secondary N) is 1. The van der Waals surface area contributed by atoms with Gasteiger partial charge in [-0.25, -0.2) is 0 Å². The minimum atomic E-state index is -0.860. The molecule has 1 fully saturated rings. The lowest BCUT2D eigenvalue weighted by atomic mass is 9.95. The molecule has 0 spiro atoms. The smallest absolute Gasteiger partial charge is 0.307 e. The van der Waals surface area contributed by atoms with Crippen LogP contribution >= 0.6 is 11.6 Å². The van der Waals surface area contributed by atoms with Crippen molar-refractivity contribution < 1.29 is 14.7 Å². The Morgan fingerprint density at radius 1 is 1.33 bits per heavy atom. The van der Waals surface area contributed by atoms with Crippen LogP contribution in [0.5, 0.6) is 0 Å². The molecule has 21 heavy (non-hydrogen) atoms. The molecule has 0 aromatic heterocycles. The van der Waals surface area contributed by atoms with Crippen LogP contribution in [0, 0.1) is 18.8 Å². The number of hydrogen-bond donors (Lipinski definition) is 2. The van der Waals surface area contributed by atoms with Gasteiger partial charge in [-0.15, -0.1) is 0 Å². The van der Waals surface area contributed by atoms with E-state index in [-0.39, 0.29) is 11.8 Å². The summed E-state index contributed by atoms with van der Waals surface area (Å²) in [6.07, 6.45) is 2.80. The highest BCUT2D eigenvalue weighted by atomic mass is 35.5. The van der Waals surface area contributed by atoms with Gasteiger partial charge in [-0.05, 0) is 43.4 Å². The van der Waals surface area contributed by atoms with Gasteiger partial charge in [0.2, 0.25) is 5.91 Å². The van der Waals surface area contributed by atoms with Crippen molar-refractivity contribution in [2.75, 3.05) is 6.54 Å². The van der Waals surface area contributed by atoms with Crippen LogP contribution in [0.25, 0.3) is 0 Å². The van der Waals surface area contributed by atoms with E-state index in [2.05, 4.69) is 5.32 Å². The number of aryl methyl sites for hydroxylation is 1. The second-order valence-electron chi connectivity index (χ2n) is 5.61. The first kappa shape index (κ1) is 15.8. The Kier molecular flexibility index (Phi) is 5.23. The summed E-state index contributed by atoms with van der Waals surface area (Å²) >= 11 is 5.97. The number of carboxylic acids is 1. The summed E-state index contributed by atoms with van der Waals surface area (Å²) in [7, 11) is 0. The molecule has 1 saturated carbocycles. The SMILES string of the molecule is Cc1cc(CCNC(=O)C2CCCC2C(=O)O)ccc1Cl. The van der Waals surface area contributed by atoms with Gasteiger partial charge in [-0.2, -0.15) is 0 Å². The number of carbonyl (C=O) groups excluding carboxylic acids is 1. The molecule has 2 rings (SSSR count). The van der Waals surface area contributed by atoms with Crippen molar-refractivity contribution in [2.24, 2.45) is 11.8 Å². The first-order valence-corrected chi connectivity index (χ1v) is 7.62. The van der Waals surface area contributed by atoms with Crippen molar-refractivity contribution in [3.63, 3.8) is 0 Å². The van der Waals surface area contributed by atoms with Crippen LogP contribution in [-0.4, -0.2) is 23.5 Å². The predicted octanol–water partition coefficient (Wildman–Crippen LogP) is 2.81. The summed E-state index contributed by atoms with van der Waals surface area (Å²) in [5.74, 6) is -1.90. The van der Waals surface area contributed by atoms with Crippen LogP contribution in [0.3, 0.4) is 0 Å². The number of carbonyl (C=O) groups is 2. The summed E-state index contributed by atoms with van der Waals surface area (Å²) in [6, 6.07) is 5.80. The molecule has 5 heteroatoms. The molecule has 2 unspecified atom stereocenters. The maximum absolute atomic E-state index is 12.1. The van der Waals surface area contributed by atoms with E-state index in [9.17, 15) is 9.59 Å². The highest BCUT2D eigenvalue weighted by Gasteiger charge is 2.37. The van der Waals surface area contributed by atoms with Crippen LogP contribution in [0.15, 0.2) is 18.2 Å². The second-order valence-corrected chi connectivity index (χ2v) is 6.01. The number of benzene rings is 1. The average molecular weight is 310 g/mol. The molecule has 0 radical (unpaired) electrons. The molecule has 1 aliphatic rings. The number of rotatable bonds is 5. The van der Waals surface area contributed by atoms with Crippen LogP contribution in [-0.2, 0) is 16.0 Å². The van der Waals surface area contributed by atoms with Gasteiger partial charge in [0.1, 0.15) is 0 Å². The molecule has 1 aromatic carbocycles. The maximum atomic E-state index is 12.1. The van der Waals surface area contributed by atoms with Gasteiger partial charge in [0, 0.05) is 11.6 Å². The van der Waals surface area contributed by atoms with Gasteiger partial charge in [0.05, 0.1) is 11.8 Å². The third-order valence-corrected chi connectivity index (χ3v) is 4.53. The van der Waals surface area contributed by atoms with E-state index in [1.54, 1.807) is 0 Å². The third-order valence-electron chi connectivity index (χ3n) is 4.11. The Labute approximate surface area is 129 Å². The van der Waals surface area contributed by atoms with Crippen molar-refractivity contribution >= 4 is 23.5 Å². The standard InChI is InChI=1S/C16H20ClNO3/c1-10-9-11(5-6-14(10)17)7-8-18-15(19)12-3-2-4-13(12)16(20)21/h5-6,9,12-13H,2-4,7-8H2,1H3,(H,18,19)(H,20,21). The molecule has 0 aliphatic heterocycles. The largest absolute Gasteiger partial charge is 0.481 e. The van der Waals surface area contributed by atoms with E-state index < -0.39 is 11.9 Å². The number of halogens is 1. The molecule has 1 aliphatic carbocycles. The van der Waals surface area contributed by atoms with Gasteiger partial charge >= 0.3 is 5.97 Å².